The molecule has 0 N–H and O–H groups in total. The zero-order valence-electron chi connectivity index (χ0n) is 14.5. The normalized spacial score (nSPS) is 16.0. The molecule has 1 amide bonds. The van der Waals surface area contributed by atoms with E-state index in [9.17, 15) is 9.59 Å². The third kappa shape index (κ3) is 3.20. The fourth-order valence-corrected chi connectivity index (χ4v) is 3.49. The van der Waals surface area contributed by atoms with Crippen molar-refractivity contribution in [2.24, 2.45) is 0 Å². The minimum absolute atomic E-state index is 0.0361. The fourth-order valence-electron chi connectivity index (χ4n) is 3.49. The maximum atomic E-state index is 12.7. The number of hydrogen-bond donors (Lipinski definition) is 0. The van der Waals surface area contributed by atoms with Crippen molar-refractivity contribution in [2.45, 2.75) is 38.8 Å². The van der Waals surface area contributed by atoms with Crippen molar-refractivity contribution >= 4 is 5.91 Å². The summed E-state index contributed by atoms with van der Waals surface area (Å²) < 4.78 is 1.32. The lowest BCUT2D eigenvalue weighted by atomic mass is 9.87. The number of nitrogens with zero attached hydrogens (tertiary/aromatic N) is 3. The van der Waals surface area contributed by atoms with Gasteiger partial charge < -0.3 is 9.47 Å². The third-order valence-corrected chi connectivity index (χ3v) is 4.99. The molecule has 1 aliphatic carbocycles. The molecule has 25 heavy (non-hydrogen) atoms. The number of carbonyl (C=O) groups excluding carboxylic acids is 1. The van der Waals surface area contributed by atoms with Crippen molar-refractivity contribution in [3.05, 3.63) is 69.1 Å². The summed E-state index contributed by atoms with van der Waals surface area (Å²) in [7, 11) is 1.79. The van der Waals surface area contributed by atoms with Gasteiger partial charge in [0, 0.05) is 13.2 Å². The first-order valence-corrected chi connectivity index (χ1v) is 8.46. The molecule has 0 radical (unpaired) electrons. The first-order chi connectivity index (χ1) is 12.0. The van der Waals surface area contributed by atoms with Crippen LogP contribution in [-0.2, 0) is 17.8 Å². The monoisotopic (exact) mass is 335 g/mol. The average molecular weight is 335 g/mol. The molecule has 1 heterocycles. The van der Waals surface area contributed by atoms with E-state index >= 15 is 0 Å². The maximum absolute atomic E-state index is 12.7. The average Bonchev–Trinajstić information content (AvgIpc) is 2.63. The summed E-state index contributed by atoms with van der Waals surface area (Å²) in [6.45, 7) is 1.67. The molecule has 0 aliphatic heterocycles. The van der Waals surface area contributed by atoms with Crippen molar-refractivity contribution in [3.8, 4) is 6.07 Å². The number of aryl methyl sites for hydroxylation is 2. The summed E-state index contributed by atoms with van der Waals surface area (Å²) in [6.07, 6.45) is 4.59. The second kappa shape index (κ2) is 6.94. The first kappa shape index (κ1) is 17.0. The predicted octanol–water partition coefficient (Wildman–Crippen LogP) is 2.56. The van der Waals surface area contributed by atoms with Crippen LogP contribution in [0.15, 0.2) is 41.3 Å². The van der Waals surface area contributed by atoms with Gasteiger partial charge >= 0.3 is 0 Å². The molecule has 5 nitrogen and oxygen atoms in total. The van der Waals surface area contributed by atoms with Crippen LogP contribution in [0.5, 0.6) is 0 Å². The van der Waals surface area contributed by atoms with Crippen LogP contribution in [0.4, 0.5) is 0 Å². The lowest BCUT2D eigenvalue weighted by Crippen LogP contribution is -2.38. The topological polar surface area (TPSA) is 66.1 Å². The molecule has 128 valence electrons. The Bertz CT molecular complexity index is 908. The van der Waals surface area contributed by atoms with Crippen LogP contribution in [0, 0.1) is 18.3 Å². The molecule has 0 fully saturated rings. The van der Waals surface area contributed by atoms with Crippen LogP contribution in [0.25, 0.3) is 0 Å². The Morgan fingerprint density at radius 1 is 1.36 bits per heavy atom. The van der Waals surface area contributed by atoms with Gasteiger partial charge in [-0.3, -0.25) is 9.59 Å². The van der Waals surface area contributed by atoms with Gasteiger partial charge in [-0.15, -0.1) is 0 Å². The largest absolute Gasteiger partial charge is 0.337 e. The van der Waals surface area contributed by atoms with E-state index in [0.717, 1.165) is 19.3 Å². The summed E-state index contributed by atoms with van der Waals surface area (Å²) in [5, 5.41) is 9.12. The molecule has 5 heteroatoms. The number of pyridine rings is 1. The Kier molecular flexibility index (Phi) is 4.71. The fraction of sp³-hybridized carbons (Fsp3) is 0.350. The van der Waals surface area contributed by atoms with Crippen molar-refractivity contribution in [1.29, 1.82) is 5.26 Å². The van der Waals surface area contributed by atoms with Gasteiger partial charge in [0.1, 0.15) is 18.2 Å². The molecule has 1 aromatic heterocycles. The number of nitriles is 1. The van der Waals surface area contributed by atoms with E-state index in [1.54, 1.807) is 31.1 Å². The zero-order chi connectivity index (χ0) is 18.0. The van der Waals surface area contributed by atoms with E-state index < -0.39 is 5.56 Å². The Balaban J connectivity index is 1.84. The molecule has 0 spiro atoms. The molecule has 0 saturated heterocycles. The number of benzene rings is 1. The summed E-state index contributed by atoms with van der Waals surface area (Å²) in [5.74, 6) is -0.128. The van der Waals surface area contributed by atoms with Crippen molar-refractivity contribution in [1.82, 2.24) is 9.47 Å². The third-order valence-electron chi connectivity index (χ3n) is 4.99. The molecule has 0 bridgehead atoms. The van der Waals surface area contributed by atoms with Crippen LogP contribution in [-0.4, -0.2) is 22.4 Å². The summed E-state index contributed by atoms with van der Waals surface area (Å²) in [5.41, 5.74) is 2.80. The van der Waals surface area contributed by atoms with E-state index in [2.05, 4.69) is 12.1 Å². The number of hydrogen-bond acceptors (Lipinski definition) is 3. The van der Waals surface area contributed by atoms with Gasteiger partial charge in [-0.05, 0) is 48.9 Å². The van der Waals surface area contributed by atoms with Gasteiger partial charge in [0.05, 0.1) is 6.04 Å². The highest BCUT2D eigenvalue weighted by atomic mass is 16.2. The van der Waals surface area contributed by atoms with E-state index in [4.69, 9.17) is 5.26 Å². The zero-order valence-corrected chi connectivity index (χ0v) is 14.5. The minimum Gasteiger partial charge on any atom is -0.337 e. The highest BCUT2D eigenvalue weighted by Gasteiger charge is 2.26. The Labute approximate surface area is 147 Å². The van der Waals surface area contributed by atoms with E-state index in [-0.39, 0.29) is 24.1 Å². The minimum atomic E-state index is -0.409. The maximum Gasteiger partial charge on any atom is 0.269 e. The summed E-state index contributed by atoms with van der Waals surface area (Å²) >= 11 is 0. The van der Waals surface area contributed by atoms with Gasteiger partial charge in [-0.25, -0.2) is 0 Å². The number of likely N-dealkylation sites (N-methyl/N-ethyl adjacent to an activating group) is 1. The number of carbonyl (C=O) groups is 1. The van der Waals surface area contributed by atoms with Crippen molar-refractivity contribution < 1.29 is 4.79 Å². The second-order valence-electron chi connectivity index (χ2n) is 6.53. The van der Waals surface area contributed by atoms with Gasteiger partial charge in [-0.2, -0.15) is 5.26 Å². The van der Waals surface area contributed by atoms with E-state index in [1.165, 1.54) is 15.7 Å². The van der Waals surface area contributed by atoms with Gasteiger partial charge in [-0.1, -0.05) is 24.3 Å². The van der Waals surface area contributed by atoms with E-state index in [0.29, 0.717) is 5.56 Å². The Hall–Kier alpha value is -2.87. The number of aromatic nitrogens is 1. The van der Waals surface area contributed by atoms with Crippen LogP contribution in [0.3, 0.4) is 0 Å². The standard InChI is InChI=1S/C20H21N3O2/c1-14-10-11-23(20(25)17(14)12-21)13-19(24)22(2)18-9-5-7-15-6-3-4-8-16(15)18/h3-4,6,8,10-11,18H,5,7,9,13H2,1-2H3/t18-/m1/s1. The predicted molar refractivity (Wildman–Crippen MR) is 95.0 cm³/mol. The van der Waals surface area contributed by atoms with E-state index in [1.807, 2.05) is 18.2 Å². The Morgan fingerprint density at radius 3 is 2.88 bits per heavy atom. The van der Waals surface area contributed by atoms with Crippen LogP contribution in [0.1, 0.15) is 41.1 Å². The molecule has 1 aromatic carbocycles. The van der Waals surface area contributed by atoms with Crippen molar-refractivity contribution in [3.63, 3.8) is 0 Å². The molecule has 1 atom stereocenters. The SMILES string of the molecule is Cc1ccn(CC(=O)N(C)[C@@H]2CCCc3ccccc32)c(=O)c1C#N. The first-order valence-electron chi connectivity index (χ1n) is 8.46. The van der Waals surface area contributed by atoms with Gasteiger partial charge in [0.2, 0.25) is 5.91 Å². The molecule has 3 rings (SSSR count). The highest BCUT2D eigenvalue weighted by Crippen LogP contribution is 2.33. The van der Waals surface area contributed by atoms with Gasteiger partial charge in [0.25, 0.3) is 5.56 Å². The van der Waals surface area contributed by atoms with Crippen LogP contribution >= 0.6 is 0 Å². The summed E-state index contributed by atoms with van der Waals surface area (Å²) in [4.78, 5) is 26.8. The van der Waals surface area contributed by atoms with Crippen LogP contribution < -0.4 is 5.56 Å². The lowest BCUT2D eigenvalue weighted by molar-refractivity contribution is -0.133. The lowest BCUT2D eigenvalue weighted by Gasteiger charge is -2.33. The molecule has 0 unspecified atom stereocenters. The number of rotatable bonds is 3. The van der Waals surface area contributed by atoms with Crippen molar-refractivity contribution in [2.75, 3.05) is 7.05 Å². The molecular formula is C20H21N3O2. The summed E-state index contributed by atoms with van der Waals surface area (Å²) in [6, 6.07) is 11.9. The molecule has 1 aliphatic rings. The smallest absolute Gasteiger partial charge is 0.269 e. The van der Waals surface area contributed by atoms with Gasteiger partial charge in [0.15, 0.2) is 0 Å². The highest BCUT2D eigenvalue weighted by molar-refractivity contribution is 5.76. The second-order valence-corrected chi connectivity index (χ2v) is 6.53. The quantitative estimate of drug-likeness (QED) is 0.866. The molecule has 2 aromatic rings. The number of fused-ring (bicyclic) bond motifs is 1. The molecular weight excluding hydrogens is 314 g/mol. The number of amides is 1. The Morgan fingerprint density at radius 2 is 2.12 bits per heavy atom. The van der Waals surface area contributed by atoms with Crippen LogP contribution in [0.2, 0.25) is 0 Å². The molecule has 0 saturated carbocycles.